The normalized spacial score (nSPS) is 17.5. The molecule has 6 nitrogen and oxygen atoms in total. The van der Waals surface area contributed by atoms with Crippen molar-refractivity contribution in [1.82, 2.24) is 14.3 Å². The first-order valence-corrected chi connectivity index (χ1v) is 10.2. The summed E-state index contributed by atoms with van der Waals surface area (Å²) in [6.45, 7) is 2.92. The van der Waals surface area contributed by atoms with Crippen LogP contribution < -0.4 is 5.32 Å². The van der Waals surface area contributed by atoms with Gasteiger partial charge >= 0.3 is 6.18 Å². The number of ether oxygens (including phenoxy) is 1. The van der Waals surface area contributed by atoms with Gasteiger partial charge in [-0.25, -0.2) is 13.8 Å². The molecule has 4 rings (SSSR count). The van der Waals surface area contributed by atoms with E-state index in [9.17, 15) is 18.0 Å². The summed E-state index contributed by atoms with van der Waals surface area (Å²) in [7, 11) is 1.90. The number of fused-ring (bicyclic) bond motifs is 1. The van der Waals surface area contributed by atoms with Crippen molar-refractivity contribution in [3.8, 4) is 11.3 Å². The van der Waals surface area contributed by atoms with Gasteiger partial charge in [-0.3, -0.25) is 4.79 Å². The summed E-state index contributed by atoms with van der Waals surface area (Å²) in [4.78, 5) is 17.5. The SMILES string of the molecule is CC(=O)Nc1cc(F)c(-c2nc3cc(C(F)(F)F)ccn3c2CC2CN(C)CCO2)c(F)c1. The van der Waals surface area contributed by atoms with E-state index in [-0.39, 0.29) is 29.6 Å². The van der Waals surface area contributed by atoms with E-state index in [4.69, 9.17) is 4.74 Å². The van der Waals surface area contributed by atoms with E-state index in [0.29, 0.717) is 18.8 Å². The average Bonchev–Trinajstić information content (AvgIpc) is 3.03. The van der Waals surface area contributed by atoms with Crippen LogP contribution in [0.25, 0.3) is 16.9 Å². The molecular weight excluding hydrogens is 447 g/mol. The molecule has 1 aromatic carbocycles. The lowest BCUT2D eigenvalue weighted by atomic mass is 10.0. The van der Waals surface area contributed by atoms with Gasteiger partial charge in [-0.05, 0) is 31.3 Å². The standard InChI is InChI=1S/C22H21F5N4O2/c1-12(32)28-14-8-16(23)20(17(24)9-14)21-18(10-15-11-30(2)5-6-33-15)31-4-3-13(22(25,26)27)7-19(31)29-21/h3-4,7-9,15H,5-6,10-11H2,1-2H3,(H,28,32). The largest absolute Gasteiger partial charge is 0.416 e. The van der Waals surface area contributed by atoms with Crippen molar-refractivity contribution in [1.29, 1.82) is 0 Å². The summed E-state index contributed by atoms with van der Waals surface area (Å²) in [5.41, 5.74) is -1.37. The number of hydrogen-bond donors (Lipinski definition) is 1. The summed E-state index contributed by atoms with van der Waals surface area (Å²) in [6.07, 6.45) is -3.56. The molecule has 1 unspecified atom stereocenters. The van der Waals surface area contributed by atoms with E-state index in [1.54, 1.807) is 0 Å². The van der Waals surface area contributed by atoms with E-state index >= 15 is 8.78 Å². The summed E-state index contributed by atoms with van der Waals surface area (Å²) in [5.74, 6) is -2.50. The number of amides is 1. The monoisotopic (exact) mass is 468 g/mol. The predicted molar refractivity (Wildman–Crippen MR) is 111 cm³/mol. The maximum atomic E-state index is 15.0. The molecule has 1 N–H and O–H groups in total. The number of benzene rings is 1. The van der Waals surface area contributed by atoms with Gasteiger partial charge in [0, 0.05) is 38.3 Å². The van der Waals surface area contributed by atoms with Crippen LogP contribution in [0.1, 0.15) is 18.2 Å². The molecule has 176 valence electrons. The number of hydrogen-bond acceptors (Lipinski definition) is 4. The van der Waals surface area contributed by atoms with E-state index in [1.807, 2.05) is 11.9 Å². The van der Waals surface area contributed by atoms with E-state index < -0.39 is 34.8 Å². The summed E-state index contributed by atoms with van der Waals surface area (Å²) in [6, 6.07) is 3.62. The van der Waals surface area contributed by atoms with Gasteiger partial charge in [0.1, 0.15) is 17.3 Å². The Morgan fingerprint density at radius 3 is 2.55 bits per heavy atom. The maximum Gasteiger partial charge on any atom is 0.416 e. The lowest BCUT2D eigenvalue weighted by Crippen LogP contribution is -2.41. The van der Waals surface area contributed by atoms with Crippen LogP contribution in [0.5, 0.6) is 0 Å². The fourth-order valence-corrected chi connectivity index (χ4v) is 3.95. The molecule has 11 heteroatoms. The van der Waals surface area contributed by atoms with E-state index in [0.717, 1.165) is 30.8 Å². The highest BCUT2D eigenvalue weighted by molar-refractivity contribution is 5.89. The first kappa shape index (κ1) is 23.1. The molecule has 0 radical (unpaired) electrons. The van der Waals surface area contributed by atoms with E-state index in [1.165, 1.54) is 17.5 Å². The molecule has 3 aromatic rings. The minimum atomic E-state index is -4.60. The van der Waals surface area contributed by atoms with Gasteiger partial charge in [0.15, 0.2) is 0 Å². The number of alkyl halides is 3. The molecule has 2 aromatic heterocycles. The minimum absolute atomic E-state index is 0.0804. The topological polar surface area (TPSA) is 58.9 Å². The Hall–Kier alpha value is -3.05. The number of halogens is 5. The molecule has 33 heavy (non-hydrogen) atoms. The molecule has 1 fully saturated rings. The van der Waals surface area contributed by atoms with Crippen molar-refractivity contribution in [3.05, 3.63) is 53.4 Å². The molecule has 0 saturated carbocycles. The molecule has 1 atom stereocenters. The zero-order valence-corrected chi connectivity index (χ0v) is 17.8. The number of carbonyl (C=O) groups excluding carboxylic acids is 1. The number of nitrogens with zero attached hydrogens (tertiary/aromatic N) is 3. The van der Waals surface area contributed by atoms with Gasteiger partial charge in [0.05, 0.1) is 35.2 Å². The number of rotatable bonds is 4. The third-order valence-electron chi connectivity index (χ3n) is 5.41. The molecule has 1 aliphatic heterocycles. The number of anilines is 1. The smallest absolute Gasteiger partial charge is 0.375 e. The quantitative estimate of drug-likeness (QED) is 0.585. The highest BCUT2D eigenvalue weighted by Gasteiger charge is 2.32. The Labute approximate surface area is 186 Å². The van der Waals surface area contributed by atoms with Gasteiger partial charge < -0.3 is 19.4 Å². The Morgan fingerprint density at radius 2 is 1.94 bits per heavy atom. The fraction of sp³-hybridized carbons (Fsp3) is 0.364. The Bertz CT molecular complexity index is 1180. The predicted octanol–water partition coefficient (Wildman–Crippen LogP) is 4.13. The number of aromatic nitrogens is 2. The van der Waals surface area contributed by atoms with Gasteiger partial charge in [-0.1, -0.05) is 0 Å². The number of morpholine rings is 1. The summed E-state index contributed by atoms with van der Waals surface area (Å²) >= 11 is 0. The highest BCUT2D eigenvalue weighted by Crippen LogP contribution is 2.35. The minimum Gasteiger partial charge on any atom is -0.375 e. The lowest BCUT2D eigenvalue weighted by Gasteiger charge is -2.30. The molecule has 0 aliphatic carbocycles. The molecule has 1 saturated heterocycles. The van der Waals surface area contributed by atoms with Crippen molar-refractivity contribution in [2.45, 2.75) is 25.6 Å². The summed E-state index contributed by atoms with van der Waals surface area (Å²) in [5, 5.41) is 2.31. The third-order valence-corrected chi connectivity index (χ3v) is 5.41. The zero-order valence-electron chi connectivity index (χ0n) is 17.8. The van der Waals surface area contributed by atoms with Crippen molar-refractivity contribution in [3.63, 3.8) is 0 Å². The molecular formula is C22H21F5N4O2. The highest BCUT2D eigenvalue weighted by atomic mass is 19.4. The Kier molecular flexibility index (Phi) is 6.10. The van der Waals surface area contributed by atoms with Gasteiger partial charge in [-0.15, -0.1) is 0 Å². The number of likely N-dealkylation sites (N-methyl/N-ethyl adjacent to an activating group) is 1. The van der Waals surface area contributed by atoms with Crippen LogP contribution in [0.2, 0.25) is 0 Å². The van der Waals surface area contributed by atoms with Crippen LogP contribution in [0.3, 0.4) is 0 Å². The Balaban J connectivity index is 1.86. The van der Waals surface area contributed by atoms with Gasteiger partial charge in [0.25, 0.3) is 0 Å². The average molecular weight is 468 g/mol. The van der Waals surface area contributed by atoms with Gasteiger partial charge in [0.2, 0.25) is 5.91 Å². The number of carbonyl (C=O) groups is 1. The van der Waals surface area contributed by atoms with Crippen LogP contribution in [0.15, 0.2) is 30.5 Å². The van der Waals surface area contributed by atoms with Crippen LogP contribution in [0.4, 0.5) is 27.6 Å². The second-order valence-corrected chi connectivity index (χ2v) is 8.00. The van der Waals surface area contributed by atoms with Crippen LogP contribution in [-0.2, 0) is 22.1 Å². The van der Waals surface area contributed by atoms with Crippen LogP contribution >= 0.6 is 0 Å². The first-order chi connectivity index (χ1) is 15.5. The van der Waals surface area contributed by atoms with Crippen molar-refractivity contribution in [2.24, 2.45) is 0 Å². The van der Waals surface area contributed by atoms with Crippen molar-refractivity contribution in [2.75, 3.05) is 32.1 Å². The molecule has 1 aliphatic rings. The lowest BCUT2D eigenvalue weighted by molar-refractivity contribution is -0.137. The van der Waals surface area contributed by atoms with Gasteiger partial charge in [-0.2, -0.15) is 13.2 Å². The number of nitrogens with one attached hydrogen (secondary N) is 1. The second-order valence-electron chi connectivity index (χ2n) is 8.00. The number of pyridine rings is 1. The van der Waals surface area contributed by atoms with Crippen LogP contribution in [0, 0.1) is 11.6 Å². The van der Waals surface area contributed by atoms with Crippen molar-refractivity contribution >= 4 is 17.2 Å². The summed E-state index contributed by atoms with van der Waals surface area (Å²) < 4.78 is 76.8. The first-order valence-electron chi connectivity index (χ1n) is 10.2. The fourth-order valence-electron chi connectivity index (χ4n) is 3.95. The molecule has 0 bridgehead atoms. The Morgan fingerprint density at radius 1 is 1.24 bits per heavy atom. The maximum absolute atomic E-state index is 15.0. The molecule has 1 amide bonds. The van der Waals surface area contributed by atoms with Crippen LogP contribution in [-0.4, -0.2) is 53.0 Å². The zero-order chi connectivity index (χ0) is 23.9. The second kappa shape index (κ2) is 8.71. The number of imidazole rings is 1. The molecule has 0 spiro atoms. The van der Waals surface area contributed by atoms with E-state index in [2.05, 4.69) is 10.3 Å². The van der Waals surface area contributed by atoms with Crippen molar-refractivity contribution < 1.29 is 31.5 Å². The molecule has 3 heterocycles. The third kappa shape index (κ3) is 4.83.